The number of nitrogens with one attached hydrogen (secondary N) is 1. The molecule has 1 aromatic rings. The van der Waals surface area contributed by atoms with Crippen molar-refractivity contribution in [2.75, 3.05) is 24.2 Å². The Morgan fingerprint density at radius 2 is 2.30 bits per heavy atom. The second kappa shape index (κ2) is 5.43. The minimum Gasteiger partial charge on any atom is -0.396 e. The van der Waals surface area contributed by atoms with Gasteiger partial charge in [-0.25, -0.2) is 0 Å². The molecule has 1 unspecified atom stereocenters. The molecule has 2 aliphatic rings. The Bertz CT molecular complexity index is 566. The number of ether oxygens (including phenoxy) is 1. The van der Waals surface area contributed by atoms with Crippen LogP contribution in [-0.2, 0) is 4.74 Å². The zero-order valence-corrected chi connectivity index (χ0v) is 12.0. The molecular formula is C14H17N3O2S. The number of carbonyl (C=O) groups excluding carboxylic acids is 1. The van der Waals surface area contributed by atoms with Gasteiger partial charge in [0.05, 0.1) is 16.7 Å². The number of ketones is 1. The topological polar surface area (TPSA) is 88.1 Å². The number of anilines is 2. The third-order valence-corrected chi connectivity index (χ3v) is 4.92. The van der Waals surface area contributed by atoms with E-state index < -0.39 is 0 Å². The van der Waals surface area contributed by atoms with E-state index in [1.54, 1.807) is 0 Å². The van der Waals surface area contributed by atoms with Crippen LogP contribution in [0.1, 0.15) is 40.9 Å². The van der Waals surface area contributed by atoms with Gasteiger partial charge < -0.3 is 15.8 Å². The molecule has 106 valence electrons. The molecule has 2 heterocycles. The summed E-state index contributed by atoms with van der Waals surface area (Å²) < 4.78 is 5.54. The Morgan fingerprint density at radius 1 is 1.50 bits per heavy atom. The van der Waals surface area contributed by atoms with E-state index in [1.165, 1.54) is 11.3 Å². The number of nitrogen functional groups attached to an aromatic ring is 1. The van der Waals surface area contributed by atoms with Crippen LogP contribution in [0.15, 0.2) is 0 Å². The minimum absolute atomic E-state index is 0.0918. The van der Waals surface area contributed by atoms with Crippen molar-refractivity contribution in [1.29, 1.82) is 5.26 Å². The molecule has 2 fully saturated rings. The second-order valence-corrected chi connectivity index (χ2v) is 6.34. The van der Waals surface area contributed by atoms with Gasteiger partial charge in [0.2, 0.25) is 0 Å². The average Bonchev–Trinajstić information content (AvgIpc) is 3.07. The first-order chi connectivity index (χ1) is 9.70. The molecule has 0 spiro atoms. The lowest BCUT2D eigenvalue weighted by Gasteiger charge is -2.10. The number of thiophene rings is 1. The fraction of sp³-hybridized carbons (Fsp3) is 0.571. The van der Waals surface area contributed by atoms with Crippen molar-refractivity contribution < 1.29 is 9.53 Å². The lowest BCUT2D eigenvalue weighted by Crippen LogP contribution is -2.18. The van der Waals surface area contributed by atoms with Gasteiger partial charge in [0.15, 0.2) is 5.78 Å². The van der Waals surface area contributed by atoms with Crippen molar-refractivity contribution in [2.24, 2.45) is 5.92 Å². The van der Waals surface area contributed by atoms with Gasteiger partial charge in [-0.05, 0) is 25.7 Å². The van der Waals surface area contributed by atoms with Crippen molar-refractivity contribution in [3.05, 3.63) is 10.4 Å². The van der Waals surface area contributed by atoms with E-state index in [4.69, 9.17) is 10.5 Å². The number of Topliss-reactive ketones (excluding diaryl/α,β-unsaturated/α-hetero) is 1. The molecule has 1 aliphatic carbocycles. The number of hydrogen-bond acceptors (Lipinski definition) is 6. The van der Waals surface area contributed by atoms with E-state index in [1.807, 2.05) is 0 Å². The fourth-order valence-corrected chi connectivity index (χ4v) is 3.50. The number of rotatable bonds is 5. The SMILES string of the molecule is N#Cc1c(NCC2CCCO2)sc(C(=O)C2CC2)c1N. The second-order valence-electron chi connectivity index (χ2n) is 5.32. The van der Waals surface area contributed by atoms with Gasteiger partial charge in [-0.2, -0.15) is 5.26 Å². The highest BCUT2D eigenvalue weighted by Crippen LogP contribution is 2.41. The molecule has 1 aliphatic heterocycles. The van der Waals surface area contributed by atoms with Crippen LogP contribution in [0.4, 0.5) is 10.7 Å². The van der Waals surface area contributed by atoms with E-state index >= 15 is 0 Å². The van der Waals surface area contributed by atoms with Crippen LogP contribution in [0, 0.1) is 17.2 Å². The maximum absolute atomic E-state index is 12.1. The normalized spacial score (nSPS) is 21.6. The highest BCUT2D eigenvalue weighted by atomic mass is 32.1. The van der Waals surface area contributed by atoms with Crippen LogP contribution in [0.25, 0.3) is 0 Å². The van der Waals surface area contributed by atoms with E-state index in [0.717, 1.165) is 32.3 Å². The van der Waals surface area contributed by atoms with Gasteiger partial charge in [-0.15, -0.1) is 11.3 Å². The van der Waals surface area contributed by atoms with Crippen molar-refractivity contribution in [2.45, 2.75) is 31.8 Å². The molecule has 0 aromatic carbocycles. The molecular weight excluding hydrogens is 274 g/mol. The summed E-state index contributed by atoms with van der Waals surface area (Å²) in [5.41, 5.74) is 6.70. The fourth-order valence-electron chi connectivity index (χ4n) is 2.41. The summed E-state index contributed by atoms with van der Waals surface area (Å²) in [6, 6.07) is 2.10. The van der Waals surface area contributed by atoms with E-state index in [9.17, 15) is 10.1 Å². The van der Waals surface area contributed by atoms with Crippen LogP contribution in [-0.4, -0.2) is 25.0 Å². The number of carbonyl (C=O) groups is 1. The molecule has 1 atom stereocenters. The molecule has 3 N–H and O–H groups in total. The van der Waals surface area contributed by atoms with Crippen molar-refractivity contribution >= 4 is 27.8 Å². The Morgan fingerprint density at radius 3 is 2.90 bits per heavy atom. The Labute approximate surface area is 121 Å². The molecule has 5 nitrogen and oxygen atoms in total. The summed E-state index contributed by atoms with van der Waals surface area (Å²) in [6.07, 6.45) is 4.18. The summed E-state index contributed by atoms with van der Waals surface area (Å²) >= 11 is 1.31. The molecule has 0 amide bonds. The molecule has 20 heavy (non-hydrogen) atoms. The van der Waals surface area contributed by atoms with Gasteiger partial charge in [0, 0.05) is 19.1 Å². The van der Waals surface area contributed by atoms with Gasteiger partial charge >= 0.3 is 0 Å². The van der Waals surface area contributed by atoms with Crippen molar-refractivity contribution in [3.8, 4) is 6.07 Å². The van der Waals surface area contributed by atoms with E-state index in [0.29, 0.717) is 27.7 Å². The summed E-state index contributed by atoms with van der Waals surface area (Å²) in [6.45, 7) is 1.46. The maximum Gasteiger partial charge on any atom is 0.178 e. The molecule has 1 saturated carbocycles. The minimum atomic E-state index is 0.0918. The zero-order chi connectivity index (χ0) is 14.1. The van der Waals surface area contributed by atoms with Gasteiger partial charge in [-0.3, -0.25) is 4.79 Å². The average molecular weight is 291 g/mol. The summed E-state index contributed by atoms with van der Waals surface area (Å²) in [7, 11) is 0. The van der Waals surface area contributed by atoms with Gasteiger partial charge in [-0.1, -0.05) is 0 Å². The van der Waals surface area contributed by atoms with Gasteiger partial charge in [0.25, 0.3) is 0 Å². The predicted molar refractivity (Wildman–Crippen MR) is 78.0 cm³/mol. The zero-order valence-electron chi connectivity index (χ0n) is 11.1. The summed E-state index contributed by atoms with van der Waals surface area (Å²) in [4.78, 5) is 12.7. The number of nitrogens with zero attached hydrogens (tertiary/aromatic N) is 1. The molecule has 3 rings (SSSR count). The summed E-state index contributed by atoms with van der Waals surface area (Å²) in [5, 5.41) is 13.2. The van der Waals surface area contributed by atoms with Crippen LogP contribution >= 0.6 is 11.3 Å². The lowest BCUT2D eigenvalue weighted by atomic mass is 10.1. The predicted octanol–water partition coefficient (Wildman–Crippen LogP) is 2.39. The molecule has 1 saturated heterocycles. The first-order valence-electron chi connectivity index (χ1n) is 6.92. The van der Waals surface area contributed by atoms with E-state index in [-0.39, 0.29) is 17.8 Å². The Hall–Kier alpha value is -1.58. The lowest BCUT2D eigenvalue weighted by molar-refractivity contribution is 0.0972. The highest BCUT2D eigenvalue weighted by molar-refractivity contribution is 7.19. The third kappa shape index (κ3) is 2.51. The standard InChI is InChI=1S/C14H17N3O2S/c15-6-10-11(16)13(12(18)8-3-4-8)20-14(10)17-7-9-2-1-5-19-9/h8-9,17H,1-5,7,16H2. The maximum atomic E-state index is 12.1. The largest absolute Gasteiger partial charge is 0.396 e. The smallest absolute Gasteiger partial charge is 0.178 e. The van der Waals surface area contributed by atoms with Gasteiger partial charge in [0.1, 0.15) is 16.6 Å². The molecule has 0 bridgehead atoms. The monoisotopic (exact) mass is 291 g/mol. The Kier molecular flexibility index (Phi) is 3.64. The Balaban J connectivity index is 1.77. The quantitative estimate of drug-likeness (QED) is 0.813. The van der Waals surface area contributed by atoms with Crippen LogP contribution in [0.2, 0.25) is 0 Å². The number of hydrogen-bond donors (Lipinski definition) is 2. The first kappa shape index (κ1) is 13.4. The van der Waals surface area contributed by atoms with Crippen LogP contribution in [0.5, 0.6) is 0 Å². The molecule has 6 heteroatoms. The first-order valence-corrected chi connectivity index (χ1v) is 7.74. The third-order valence-electron chi connectivity index (χ3n) is 3.74. The number of nitrogens with two attached hydrogens (primary N) is 1. The van der Waals surface area contributed by atoms with Crippen molar-refractivity contribution in [3.63, 3.8) is 0 Å². The molecule has 0 radical (unpaired) electrons. The van der Waals surface area contributed by atoms with E-state index in [2.05, 4.69) is 11.4 Å². The van der Waals surface area contributed by atoms with Crippen LogP contribution in [0.3, 0.4) is 0 Å². The van der Waals surface area contributed by atoms with Crippen LogP contribution < -0.4 is 11.1 Å². The molecule has 1 aromatic heterocycles. The summed E-state index contributed by atoms with van der Waals surface area (Å²) in [5.74, 6) is 0.211. The number of nitriles is 1. The van der Waals surface area contributed by atoms with Crippen molar-refractivity contribution in [1.82, 2.24) is 0 Å². The highest BCUT2D eigenvalue weighted by Gasteiger charge is 2.34.